The molecule has 0 saturated carbocycles. The molecule has 0 heterocycles. The minimum Gasteiger partial charge on any atom is -0.316 e. The fraction of sp³-hybridized carbons (Fsp3) is 0.538. The van der Waals surface area contributed by atoms with Crippen LogP contribution in [-0.2, 0) is 6.54 Å². The van der Waals surface area contributed by atoms with Gasteiger partial charge in [-0.15, -0.1) is 0 Å². The van der Waals surface area contributed by atoms with Crippen LogP contribution in [0.2, 0.25) is 5.02 Å². The van der Waals surface area contributed by atoms with Crippen LogP contribution in [-0.4, -0.2) is 31.1 Å². The predicted molar refractivity (Wildman–Crippen MR) is 70.9 cm³/mol. The highest BCUT2D eigenvalue weighted by Gasteiger charge is 2.09. The Bertz CT molecular complexity index is 344. The molecule has 0 radical (unpaired) electrons. The molecular formula is C13H20ClFN2. The summed E-state index contributed by atoms with van der Waals surface area (Å²) in [6.45, 7) is 8.46. The molecule has 2 nitrogen and oxygen atoms in total. The topological polar surface area (TPSA) is 15.3 Å². The van der Waals surface area contributed by atoms with Crippen LogP contribution in [0.4, 0.5) is 4.39 Å². The summed E-state index contributed by atoms with van der Waals surface area (Å²) in [5.74, 6) is -0.295. The minimum absolute atomic E-state index is 0.199. The maximum atomic E-state index is 13.7. The highest BCUT2D eigenvalue weighted by molar-refractivity contribution is 6.30. The number of benzene rings is 1. The molecule has 1 aromatic carbocycles. The fourth-order valence-corrected chi connectivity index (χ4v) is 1.87. The van der Waals surface area contributed by atoms with E-state index in [9.17, 15) is 4.39 Å². The molecule has 0 unspecified atom stereocenters. The van der Waals surface area contributed by atoms with Gasteiger partial charge in [-0.1, -0.05) is 37.6 Å². The Balaban J connectivity index is 2.57. The second-order valence-electron chi connectivity index (χ2n) is 3.94. The summed E-state index contributed by atoms with van der Waals surface area (Å²) in [6, 6.07) is 5.16. The van der Waals surface area contributed by atoms with E-state index < -0.39 is 0 Å². The Labute approximate surface area is 108 Å². The van der Waals surface area contributed by atoms with Gasteiger partial charge in [0.05, 0.1) is 5.02 Å². The molecule has 96 valence electrons. The van der Waals surface area contributed by atoms with Crippen LogP contribution in [0, 0.1) is 5.82 Å². The van der Waals surface area contributed by atoms with Gasteiger partial charge in [0.15, 0.2) is 0 Å². The van der Waals surface area contributed by atoms with Crippen molar-refractivity contribution in [3.63, 3.8) is 0 Å². The Hall–Kier alpha value is -0.640. The number of hydrogen-bond acceptors (Lipinski definition) is 2. The van der Waals surface area contributed by atoms with E-state index in [1.54, 1.807) is 18.2 Å². The van der Waals surface area contributed by atoms with Crippen molar-refractivity contribution < 1.29 is 4.39 Å². The molecule has 17 heavy (non-hydrogen) atoms. The van der Waals surface area contributed by atoms with Crippen LogP contribution in [0.3, 0.4) is 0 Å². The number of rotatable bonds is 7. The zero-order valence-corrected chi connectivity index (χ0v) is 11.2. The number of halogens is 2. The molecule has 0 spiro atoms. The van der Waals surface area contributed by atoms with Crippen molar-refractivity contribution in [3.05, 3.63) is 34.6 Å². The minimum atomic E-state index is -0.295. The lowest BCUT2D eigenvalue weighted by atomic mass is 10.2. The highest BCUT2D eigenvalue weighted by Crippen LogP contribution is 2.19. The van der Waals surface area contributed by atoms with E-state index in [0.717, 1.165) is 26.2 Å². The molecule has 0 bridgehead atoms. The van der Waals surface area contributed by atoms with Gasteiger partial charge >= 0.3 is 0 Å². The van der Waals surface area contributed by atoms with Gasteiger partial charge in [0.1, 0.15) is 5.82 Å². The summed E-state index contributed by atoms with van der Waals surface area (Å²) in [6.07, 6.45) is 0. The molecule has 4 heteroatoms. The van der Waals surface area contributed by atoms with E-state index in [0.29, 0.717) is 12.1 Å². The van der Waals surface area contributed by atoms with E-state index in [1.165, 1.54) is 0 Å². The number of likely N-dealkylation sites (N-methyl/N-ethyl adjacent to an activating group) is 2. The van der Waals surface area contributed by atoms with E-state index in [1.807, 2.05) is 0 Å². The first-order valence-corrected chi connectivity index (χ1v) is 6.42. The van der Waals surface area contributed by atoms with Crippen LogP contribution in [0.15, 0.2) is 18.2 Å². The highest BCUT2D eigenvalue weighted by atomic mass is 35.5. The Kier molecular flexibility index (Phi) is 6.48. The van der Waals surface area contributed by atoms with Gasteiger partial charge in [-0.05, 0) is 19.2 Å². The van der Waals surface area contributed by atoms with E-state index in [-0.39, 0.29) is 10.8 Å². The Morgan fingerprint density at radius 2 is 2.12 bits per heavy atom. The standard InChI is InChI=1S/C13H20ClFN2/c1-3-16-8-9-17(4-2)10-11-6-5-7-12(14)13(11)15/h5-7,16H,3-4,8-10H2,1-2H3. The molecule has 0 aliphatic heterocycles. The van der Waals surface area contributed by atoms with Gasteiger partial charge < -0.3 is 5.32 Å². The molecule has 0 amide bonds. The third-order valence-corrected chi connectivity index (χ3v) is 3.02. The van der Waals surface area contributed by atoms with Crippen molar-refractivity contribution in [2.75, 3.05) is 26.2 Å². The molecule has 1 aromatic rings. The maximum absolute atomic E-state index is 13.7. The van der Waals surface area contributed by atoms with Gasteiger partial charge in [-0.2, -0.15) is 0 Å². The van der Waals surface area contributed by atoms with Crippen molar-refractivity contribution in [2.45, 2.75) is 20.4 Å². The van der Waals surface area contributed by atoms with Gasteiger partial charge in [0.2, 0.25) is 0 Å². The third-order valence-electron chi connectivity index (χ3n) is 2.73. The zero-order chi connectivity index (χ0) is 12.7. The van der Waals surface area contributed by atoms with Crippen LogP contribution >= 0.6 is 11.6 Å². The molecule has 0 saturated heterocycles. The normalized spacial score (nSPS) is 11.1. The van der Waals surface area contributed by atoms with E-state index in [4.69, 9.17) is 11.6 Å². The summed E-state index contributed by atoms with van der Waals surface area (Å²) >= 11 is 5.76. The lowest BCUT2D eigenvalue weighted by Gasteiger charge is -2.21. The largest absolute Gasteiger partial charge is 0.316 e. The van der Waals surface area contributed by atoms with Crippen molar-refractivity contribution in [1.82, 2.24) is 10.2 Å². The van der Waals surface area contributed by atoms with Crippen molar-refractivity contribution in [2.24, 2.45) is 0 Å². The zero-order valence-electron chi connectivity index (χ0n) is 10.5. The fourth-order valence-electron chi connectivity index (χ4n) is 1.67. The van der Waals surface area contributed by atoms with Crippen molar-refractivity contribution >= 4 is 11.6 Å². The van der Waals surface area contributed by atoms with Crippen molar-refractivity contribution in [1.29, 1.82) is 0 Å². The average Bonchev–Trinajstić information content (AvgIpc) is 2.33. The first kappa shape index (κ1) is 14.4. The average molecular weight is 259 g/mol. The second-order valence-corrected chi connectivity index (χ2v) is 4.34. The first-order chi connectivity index (χ1) is 8.19. The lowest BCUT2D eigenvalue weighted by Crippen LogP contribution is -2.31. The number of nitrogens with one attached hydrogen (secondary N) is 1. The molecule has 0 fully saturated rings. The van der Waals surface area contributed by atoms with Gasteiger partial charge in [-0.3, -0.25) is 4.90 Å². The first-order valence-electron chi connectivity index (χ1n) is 6.05. The predicted octanol–water partition coefficient (Wildman–Crippen LogP) is 2.91. The summed E-state index contributed by atoms with van der Waals surface area (Å²) in [5.41, 5.74) is 0.663. The summed E-state index contributed by atoms with van der Waals surface area (Å²) in [7, 11) is 0. The number of hydrogen-bond donors (Lipinski definition) is 1. The van der Waals surface area contributed by atoms with Crippen LogP contribution in [0.1, 0.15) is 19.4 Å². The molecule has 0 aliphatic carbocycles. The summed E-state index contributed by atoms with van der Waals surface area (Å²) in [5, 5.41) is 3.46. The van der Waals surface area contributed by atoms with Gasteiger partial charge in [0.25, 0.3) is 0 Å². The quantitative estimate of drug-likeness (QED) is 0.757. The summed E-state index contributed by atoms with van der Waals surface area (Å²) < 4.78 is 13.7. The molecule has 0 aromatic heterocycles. The van der Waals surface area contributed by atoms with Gasteiger partial charge in [0, 0.05) is 25.2 Å². The van der Waals surface area contributed by atoms with Crippen LogP contribution < -0.4 is 5.32 Å². The monoisotopic (exact) mass is 258 g/mol. The van der Waals surface area contributed by atoms with Crippen LogP contribution in [0.25, 0.3) is 0 Å². The number of nitrogens with zero attached hydrogens (tertiary/aromatic N) is 1. The van der Waals surface area contributed by atoms with E-state index >= 15 is 0 Å². The molecule has 0 aliphatic rings. The van der Waals surface area contributed by atoms with E-state index in [2.05, 4.69) is 24.1 Å². The molecule has 1 N–H and O–H groups in total. The van der Waals surface area contributed by atoms with Crippen LogP contribution in [0.5, 0.6) is 0 Å². The molecular weight excluding hydrogens is 239 g/mol. The smallest absolute Gasteiger partial charge is 0.146 e. The Morgan fingerprint density at radius 3 is 2.76 bits per heavy atom. The lowest BCUT2D eigenvalue weighted by molar-refractivity contribution is 0.276. The Morgan fingerprint density at radius 1 is 1.35 bits per heavy atom. The van der Waals surface area contributed by atoms with Gasteiger partial charge in [-0.25, -0.2) is 4.39 Å². The maximum Gasteiger partial charge on any atom is 0.146 e. The molecule has 0 atom stereocenters. The SMILES string of the molecule is CCNCCN(CC)Cc1cccc(Cl)c1F. The van der Waals surface area contributed by atoms with Crippen molar-refractivity contribution in [3.8, 4) is 0 Å². The summed E-state index contributed by atoms with van der Waals surface area (Å²) in [4.78, 5) is 2.19. The molecule has 1 rings (SSSR count). The third kappa shape index (κ3) is 4.62. The second kappa shape index (κ2) is 7.64.